The molecule has 6 heteroatoms. The van der Waals surface area contributed by atoms with Gasteiger partial charge in [-0.15, -0.1) is 12.4 Å². The first-order chi connectivity index (χ1) is 7.99. The SMILES string of the molecule is Cc1nn(C)cc1C(=O)N1CC(C)NCC1C.Cl. The maximum Gasteiger partial charge on any atom is 0.257 e. The second-order valence-electron chi connectivity index (χ2n) is 4.92. The smallest absolute Gasteiger partial charge is 0.257 e. The Kier molecular flexibility index (Phi) is 4.76. The number of piperazine rings is 1. The molecule has 0 saturated carbocycles. The van der Waals surface area contributed by atoms with E-state index >= 15 is 0 Å². The summed E-state index contributed by atoms with van der Waals surface area (Å²) in [4.78, 5) is 14.4. The summed E-state index contributed by atoms with van der Waals surface area (Å²) < 4.78 is 1.69. The average molecular weight is 273 g/mol. The third-order valence-corrected chi connectivity index (χ3v) is 3.27. The largest absolute Gasteiger partial charge is 0.333 e. The number of carbonyl (C=O) groups is 1. The Balaban J connectivity index is 0.00000162. The van der Waals surface area contributed by atoms with Crippen LogP contribution in [0.2, 0.25) is 0 Å². The van der Waals surface area contributed by atoms with E-state index in [2.05, 4.69) is 24.3 Å². The van der Waals surface area contributed by atoms with Gasteiger partial charge in [-0.3, -0.25) is 9.48 Å². The topological polar surface area (TPSA) is 50.2 Å². The first-order valence-electron chi connectivity index (χ1n) is 6.03. The van der Waals surface area contributed by atoms with Crippen LogP contribution in [0.5, 0.6) is 0 Å². The van der Waals surface area contributed by atoms with E-state index in [9.17, 15) is 4.79 Å². The molecule has 1 fully saturated rings. The van der Waals surface area contributed by atoms with E-state index in [0.717, 1.165) is 18.8 Å². The summed E-state index contributed by atoms with van der Waals surface area (Å²) in [5, 5.41) is 7.60. The number of carbonyl (C=O) groups excluding carboxylic acids is 1. The van der Waals surface area contributed by atoms with E-state index in [1.165, 1.54) is 0 Å². The van der Waals surface area contributed by atoms with Crippen molar-refractivity contribution in [2.75, 3.05) is 13.1 Å². The predicted octanol–water partition coefficient (Wildman–Crippen LogP) is 0.973. The number of hydrogen-bond donors (Lipinski definition) is 1. The second-order valence-corrected chi connectivity index (χ2v) is 4.92. The lowest BCUT2D eigenvalue weighted by Gasteiger charge is -2.37. The van der Waals surface area contributed by atoms with Crippen molar-refractivity contribution < 1.29 is 4.79 Å². The van der Waals surface area contributed by atoms with Gasteiger partial charge < -0.3 is 10.2 Å². The number of aromatic nitrogens is 2. The van der Waals surface area contributed by atoms with Crippen molar-refractivity contribution in [3.63, 3.8) is 0 Å². The molecule has 1 aliphatic heterocycles. The summed E-state index contributed by atoms with van der Waals surface area (Å²) in [6, 6.07) is 0.588. The normalized spacial score (nSPS) is 23.7. The minimum absolute atomic E-state index is 0. The standard InChI is InChI=1S/C12H20N4O.ClH/c1-8-6-16(9(2)5-13-8)12(17)11-7-15(4)14-10(11)3;/h7-9,13H,5-6H2,1-4H3;1H. The van der Waals surface area contributed by atoms with E-state index in [-0.39, 0.29) is 24.4 Å². The molecule has 102 valence electrons. The fraction of sp³-hybridized carbons (Fsp3) is 0.667. The van der Waals surface area contributed by atoms with E-state index in [1.54, 1.807) is 10.9 Å². The monoisotopic (exact) mass is 272 g/mol. The van der Waals surface area contributed by atoms with Crippen LogP contribution in [0.3, 0.4) is 0 Å². The van der Waals surface area contributed by atoms with Gasteiger partial charge in [0.1, 0.15) is 0 Å². The quantitative estimate of drug-likeness (QED) is 0.829. The van der Waals surface area contributed by atoms with E-state index < -0.39 is 0 Å². The zero-order valence-corrected chi connectivity index (χ0v) is 12.1. The number of nitrogens with one attached hydrogen (secondary N) is 1. The number of halogens is 1. The van der Waals surface area contributed by atoms with Gasteiger partial charge in [-0.2, -0.15) is 5.10 Å². The molecule has 1 aromatic heterocycles. The highest BCUT2D eigenvalue weighted by Gasteiger charge is 2.28. The van der Waals surface area contributed by atoms with Crippen molar-refractivity contribution in [2.24, 2.45) is 7.05 Å². The molecule has 1 saturated heterocycles. The fourth-order valence-corrected chi connectivity index (χ4v) is 2.27. The summed E-state index contributed by atoms with van der Waals surface area (Å²) in [5.41, 5.74) is 1.52. The molecule has 2 atom stereocenters. The van der Waals surface area contributed by atoms with E-state index in [0.29, 0.717) is 11.6 Å². The molecule has 2 unspecified atom stereocenters. The summed E-state index contributed by atoms with van der Waals surface area (Å²) in [6.07, 6.45) is 1.80. The Morgan fingerprint density at radius 1 is 1.50 bits per heavy atom. The maximum atomic E-state index is 12.4. The number of amides is 1. The van der Waals surface area contributed by atoms with Gasteiger partial charge in [0.2, 0.25) is 0 Å². The van der Waals surface area contributed by atoms with Crippen molar-refractivity contribution in [1.82, 2.24) is 20.0 Å². The highest BCUT2D eigenvalue weighted by Crippen LogP contribution is 2.14. The lowest BCUT2D eigenvalue weighted by atomic mass is 10.1. The Hall–Kier alpha value is -1.07. The molecule has 1 aromatic rings. The molecule has 1 aliphatic rings. The number of hydrogen-bond acceptors (Lipinski definition) is 3. The fourth-order valence-electron chi connectivity index (χ4n) is 2.27. The second kappa shape index (κ2) is 5.71. The summed E-state index contributed by atoms with van der Waals surface area (Å²) in [5.74, 6) is 0.0939. The minimum Gasteiger partial charge on any atom is -0.333 e. The van der Waals surface area contributed by atoms with Gasteiger partial charge in [0.25, 0.3) is 5.91 Å². The molecule has 0 bridgehead atoms. The summed E-state index contributed by atoms with van der Waals surface area (Å²) in [7, 11) is 1.84. The van der Waals surface area contributed by atoms with Gasteiger partial charge in [-0.05, 0) is 20.8 Å². The molecule has 0 radical (unpaired) electrons. The van der Waals surface area contributed by atoms with E-state index in [1.807, 2.05) is 18.9 Å². The first-order valence-corrected chi connectivity index (χ1v) is 6.03. The number of aryl methyl sites for hydroxylation is 2. The molecule has 1 N–H and O–H groups in total. The zero-order valence-electron chi connectivity index (χ0n) is 11.3. The first kappa shape index (κ1) is 15.0. The van der Waals surface area contributed by atoms with Crippen molar-refractivity contribution >= 4 is 18.3 Å². The van der Waals surface area contributed by atoms with Gasteiger partial charge in [0.05, 0.1) is 11.3 Å². The summed E-state index contributed by atoms with van der Waals surface area (Å²) >= 11 is 0. The molecular formula is C12H21ClN4O. The van der Waals surface area contributed by atoms with Crippen molar-refractivity contribution in [3.05, 3.63) is 17.5 Å². The number of rotatable bonds is 1. The lowest BCUT2D eigenvalue weighted by molar-refractivity contribution is 0.0615. The molecule has 2 heterocycles. The molecule has 18 heavy (non-hydrogen) atoms. The van der Waals surface area contributed by atoms with Gasteiger partial charge >= 0.3 is 0 Å². The van der Waals surface area contributed by atoms with Crippen LogP contribution in [0.15, 0.2) is 6.20 Å². The van der Waals surface area contributed by atoms with Crippen LogP contribution in [0.4, 0.5) is 0 Å². The zero-order chi connectivity index (χ0) is 12.6. The average Bonchev–Trinajstić information content (AvgIpc) is 2.60. The van der Waals surface area contributed by atoms with E-state index in [4.69, 9.17) is 0 Å². The Morgan fingerprint density at radius 3 is 2.72 bits per heavy atom. The lowest BCUT2D eigenvalue weighted by Crippen LogP contribution is -2.56. The Morgan fingerprint density at radius 2 is 2.17 bits per heavy atom. The van der Waals surface area contributed by atoms with Crippen LogP contribution in [0.25, 0.3) is 0 Å². The van der Waals surface area contributed by atoms with Crippen molar-refractivity contribution in [1.29, 1.82) is 0 Å². The molecular weight excluding hydrogens is 252 g/mol. The highest BCUT2D eigenvalue weighted by molar-refractivity contribution is 5.95. The molecule has 2 rings (SSSR count). The summed E-state index contributed by atoms with van der Waals surface area (Å²) in [6.45, 7) is 7.66. The van der Waals surface area contributed by atoms with Crippen LogP contribution in [0, 0.1) is 6.92 Å². The maximum absolute atomic E-state index is 12.4. The molecule has 5 nitrogen and oxygen atoms in total. The van der Waals surface area contributed by atoms with Gasteiger partial charge in [0, 0.05) is 38.4 Å². The molecule has 1 amide bonds. The number of nitrogens with zero attached hydrogens (tertiary/aromatic N) is 3. The van der Waals surface area contributed by atoms with Gasteiger partial charge in [-0.25, -0.2) is 0 Å². The predicted molar refractivity (Wildman–Crippen MR) is 73.2 cm³/mol. The molecule has 0 aliphatic carbocycles. The molecule has 0 spiro atoms. The van der Waals surface area contributed by atoms with Gasteiger partial charge in [-0.1, -0.05) is 0 Å². The van der Waals surface area contributed by atoms with Gasteiger partial charge in [0.15, 0.2) is 0 Å². The minimum atomic E-state index is 0. The Labute approximate surface area is 114 Å². The van der Waals surface area contributed by atoms with Crippen LogP contribution >= 0.6 is 12.4 Å². The molecule has 0 aromatic carbocycles. The Bertz CT molecular complexity index is 432. The van der Waals surface area contributed by atoms with Crippen molar-refractivity contribution in [2.45, 2.75) is 32.9 Å². The van der Waals surface area contributed by atoms with Crippen molar-refractivity contribution in [3.8, 4) is 0 Å². The van der Waals surface area contributed by atoms with Crippen LogP contribution in [-0.2, 0) is 7.05 Å². The van der Waals surface area contributed by atoms with Crippen LogP contribution in [0.1, 0.15) is 29.9 Å². The third kappa shape index (κ3) is 2.84. The highest BCUT2D eigenvalue weighted by atomic mass is 35.5. The third-order valence-electron chi connectivity index (χ3n) is 3.27. The van der Waals surface area contributed by atoms with Crippen LogP contribution in [-0.4, -0.2) is 45.8 Å². The van der Waals surface area contributed by atoms with Crippen LogP contribution < -0.4 is 5.32 Å².